The Morgan fingerprint density at radius 3 is 1.77 bits per heavy atom. The predicted octanol–water partition coefficient (Wildman–Crippen LogP) is 10.0. The predicted molar refractivity (Wildman–Crippen MR) is 157 cm³/mol. The summed E-state index contributed by atoms with van der Waals surface area (Å²) in [6.07, 6.45) is 0. The van der Waals surface area contributed by atoms with Crippen molar-refractivity contribution in [2.45, 2.75) is 0 Å². The molecule has 0 nitrogen and oxygen atoms in total. The summed E-state index contributed by atoms with van der Waals surface area (Å²) in [6, 6.07) is 45.6. The molecule has 0 heterocycles. The van der Waals surface area contributed by atoms with Gasteiger partial charge in [-0.05, 0) is 5.30 Å². The van der Waals surface area contributed by atoms with E-state index in [-0.39, 0.29) is 0 Å². The molecule has 1 unspecified atom stereocenters. The third-order valence-electron chi connectivity index (χ3n) is 5.14. The molecule has 0 radical (unpaired) electrons. The summed E-state index contributed by atoms with van der Waals surface area (Å²) in [7, 11) is 12.5. The van der Waals surface area contributed by atoms with Gasteiger partial charge >= 0.3 is 37.9 Å². The first kappa shape index (κ1) is 27.9. The summed E-state index contributed by atoms with van der Waals surface area (Å²) in [5.41, 5.74) is 2.46. The van der Waals surface area contributed by atoms with E-state index in [1.54, 1.807) is 0 Å². The molecule has 0 saturated heterocycles. The van der Waals surface area contributed by atoms with Gasteiger partial charge in [-0.3, -0.25) is 0 Å². The van der Waals surface area contributed by atoms with Crippen molar-refractivity contribution in [2.24, 2.45) is 0 Å². The van der Waals surface area contributed by atoms with Crippen LogP contribution < -0.4 is 5.30 Å². The topological polar surface area (TPSA) is 0 Å². The second-order valence-electron chi connectivity index (χ2n) is 7.52. The number of rotatable bonds is 1. The van der Waals surface area contributed by atoms with Crippen molar-refractivity contribution in [2.75, 3.05) is 0 Å². The van der Waals surface area contributed by atoms with Gasteiger partial charge in [0.25, 0.3) is 0 Å². The van der Waals surface area contributed by atoms with E-state index in [4.69, 9.17) is 28.6 Å². The van der Waals surface area contributed by atoms with Crippen molar-refractivity contribution in [1.82, 2.24) is 0 Å². The summed E-state index contributed by atoms with van der Waals surface area (Å²) in [5, 5.41) is 7.25. The summed E-state index contributed by atoms with van der Waals surface area (Å²) in [4.78, 5) is 0. The van der Waals surface area contributed by atoms with Crippen LogP contribution >= 0.6 is 37.9 Å². The molecule has 0 fully saturated rings. The Morgan fingerprint density at radius 2 is 1.20 bits per heavy atom. The maximum Gasteiger partial charge on any atom is -0.0809 e. The Bertz CT molecular complexity index is 1340. The van der Waals surface area contributed by atoms with Gasteiger partial charge < -0.3 is 0 Å². The Kier molecular flexibility index (Phi) is 12.3. The van der Waals surface area contributed by atoms with Crippen LogP contribution in [-0.2, 0) is 20.8 Å². The van der Waals surface area contributed by atoms with Gasteiger partial charge in [0, 0.05) is 5.02 Å². The smallest absolute Gasteiger partial charge is 0.0809 e. The van der Waals surface area contributed by atoms with Gasteiger partial charge in [-0.25, -0.2) is 0 Å². The van der Waals surface area contributed by atoms with Crippen molar-refractivity contribution in [3.63, 3.8) is 0 Å². The average molecular weight is 613 g/mol. The van der Waals surface area contributed by atoms with E-state index in [0.717, 1.165) is 5.02 Å². The van der Waals surface area contributed by atoms with E-state index in [2.05, 4.69) is 100 Å². The minimum absolute atomic E-state index is 0.778. The molecule has 0 amide bonds. The molecule has 0 aliphatic carbocycles. The Labute approximate surface area is 233 Å². The molecule has 0 aliphatic rings. The van der Waals surface area contributed by atoms with Crippen molar-refractivity contribution in [3.05, 3.63) is 138 Å². The van der Waals surface area contributed by atoms with Crippen LogP contribution in [0.5, 0.6) is 0 Å². The fourth-order valence-corrected chi connectivity index (χ4v) is 3.83. The fraction of sp³-hybridized carbons (Fsp3) is 0. The van der Waals surface area contributed by atoms with E-state index >= 15 is 0 Å². The van der Waals surface area contributed by atoms with Crippen LogP contribution in [-0.4, -0.2) is 0 Å². The summed E-state index contributed by atoms with van der Waals surface area (Å²) in [5.74, 6) is 0. The third-order valence-corrected chi connectivity index (χ3v) is 5.78. The molecule has 0 aliphatic heterocycles. The first-order valence-electron chi connectivity index (χ1n) is 10.9. The number of hydrogen-bond acceptors (Lipinski definition) is 0. The van der Waals surface area contributed by atoms with Gasteiger partial charge in [0.1, 0.15) is 0 Å². The summed E-state index contributed by atoms with van der Waals surface area (Å²) >= 11 is 5.05. The molecule has 5 heteroatoms. The zero-order valence-electron chi connectivity index (χ0n) is 18.9. The Morgan fingerprint density at radius 1 is 0.629 bits per heavy atom. The molecular weight excluding hydrogens is 589 g/mol. The Balaban J connectivity index is 0.000000152. The van der Waals surface area contributed by atoms with Gasteiger partial charge in [-0.1, -0.05) is 96.0 Å². The number of hydrogen-bond donors (Lipinski definition) is 0. The van der Waals surface area contributed by atoms with E-state index in [9.17, 15) is 0 Å². The minimum Gasteiger partial charge on any atom is -0.168 e. The number of benzene rings is 4. The van der Waals surface area contributed by atoms with E-state index in [1.165, 1.54) is 38.0 Å². The first-order chi connectivity index (χ1) is 17.1. The largest absolute Gasteiger partial charge is 0.168 e. The molecule has 0 aromatic heterocycles. The molecule has 6 aromatic carbocycles. The van der Waals surface area contributed by atoms with Crippen LogP contribution in [0.4, 0.5) is 0 Å². The van der Waals surface area contributed by atoms with Crippen LogP contribution in [0.2, 0.25) is 5.02 Å². The van der Waals surface area contributed by atoms with Crippen molar-refractivity contribution in [1.29, 1.82) is 0 Å². The first-order valence-corrected chi connectivity index (χ1v) is 18.2. The van der Waals surface area contributed by atoms with Gasteiger partial charge in [-0.2, -0.15) is 17.5 Å². The molecule has 1 atom stereocenters. The van der Waals surface area contributed by atoms with Crippen molar-refractivity contribution in [3.8, 4) is 11.1 Å². The fourth-order valence-electron chi connectivity index (χ4n) is 3.48. The van der Waals surface area contributed by atoms with Crippen LogP contribution in [0.1, 0.15) is 0 Å². The average Bonchev–Trinajstić information content (AvgIpc) is 3.53. The van der Waals surface area contributed by atoms with E-state index < -0.39 is 20.8 Å². The van der Waals surface area contributed by atoms with Gasteiger partial charge in [0.15, 0.2) is 0 Å². The maximum atomic E-state index is 5.88. The molecular formula is C30H24Cl3PZr. The summed E-state index contributed by atoms with van der Waals surface area (Å²) < 4.78 is 0. The minimum atomic E-state index is -0.826. The van der Waals surface area contributed by atoms with Crippen molar-refractivity contribution >= 4 is 64.7 Å². The van der Waals surface area contributed by atoms with Crippen LogP contribution in [0.25, 0.3) is 32.7 Å². The second kappa shape index (κ2) is 15.4. The van der Waals surface area contributed by atoms with E-state index in [1.807, 2.05) is 42.5 Å². The van der Waals surface area contributed by atoms with Gasteiger partial charge in [-0.15, -0.1) is 73.4 Å². The van der Waals surface area contributed by atoms with Gasteiger partial charge in [0.05, 0.1) is 0 Å². The molecule has 174 valence electrons. The normalized spacial score (nSPS) is 9.60. The molecule has 0 spiro atoms. The maximum absolute atomic E-state index is 5.88. The quantitative estimate of drug-likeness (QED) is 0.128. The monoisotopic (exact) mass is 610 g/mol. The SMILES string of the molecule is Clc1ccc(-c2cc3ccccc3[cH-]2)cc1.Pc1ccccc1.[Cl][Zr+2][Cl].c1ccc2[cH-]ccc2c1. The Hall–Kier alpha value is -1.72. The van der Waals surface area contributed by atoms with Crippen LogP contribution in [0.15, 0.2) is 133 Å². The molecule has 0 bridgehead atoms. The van der Waals surface area contributed by atoms with Crippen LogP contribution in [0.3, 0.4) is 0 Å². The standard InChI is InChI=1S/C15H10Cl.C9H7.C6H7P.2ClH.Zr/c16-15-7-5-11(6-8-15)14-9-12-3-1-2-4-13(12)10-14;1-2-5-9-7-3-6-8(9)4-1;7-6-4-2-1-3-5-6;;;/h1-10H;1-7H;1-5H,7H2;2*1H;/q2*-1;;;;+4/p-2. The second-order valence-corrected chi connectivity index (χ2v) is 12.4. The molecule has 6 aromatic rings. The number of halogens is 3. The zero-order valence-corrected chi connectivity index (χ0v) is 24.8. The number of fused-ring (bicyclic) bond motifs is 2. The molecule has 35 heavy (non-hydrogen) atoms. The summed E-state index contributed by atoms with van der Waals surface area (Å²) in [6.45, 7) is 0. The molecule has 0 saturated carbocycles. The molecule has 6 rings (SSSR count). The third kappa shape index (κ3) is 9.35. The van der Waals surface area contributed by atoms with Crippen LogP contribution in [0, 0.1) is 0 Å². The zero-order chi connectivity index (χ0) is 24.9. The van der Waals surface area contributed by atoms with E-state index in [0.29, 0.717) is 0 Å². The van der Waals surface area contributed by atoms with Crippen molar-refractivity contribution < 1.29 is 20.8 Å². The molecule has 0 N–H and O–H groups in total. The van der Waals surface area contributed by atoms with Gasteiger partial charge in [0.2, 0.25) is 0 Å².